The molecule has 0 amide bonds. The molecule has 0 aliphatic rings. The van der Waals surface area contributed by atoms with Crippen LogP contribution in [-0.2, 0) is 0 Å². The maximum Gasteiger partial charge on any atom is 0.195 e. The van der Waals surface area contributed by atoms with Crippen molar-refractivity contribution in [1.82, 2.24) is 0 Å². The van der Waals surface area contributed by atoms with Crippen LogP contribution in [0.1, 0.15) is 27.6 Å². The van der Waals surface area contributed by atoms with Crippen LogP contribution in [0.15, 0.2) is 42.5 Å². The number of ether oxygens (including phenoxy) is 2. The Morgan fingerprint density at radius 3 is 2.19 bits per heavy atom. The zero-order chi connectivity index (χ0) is 15.4. The number of hydrogen-bond donors (Lipinski definition) is 1. The number of aliphatic hydroxyl groups excluding tert-OH is 1. The summed E-state index contributed by atoms with van der Waals surface area (Å²) in [5.41, 5.74) is 2.01. The number of methoxy groups -OCH3 is 2. The molecule has 1 atom stereocenters. The summed E-state index contributed by atoms with van der Waals surface area (Å²) in [5.74, 6) is 0.684. The number of ketones is 1. The van der Waals surface area contributed by atoms with E-state index in [1.807, 2.05) is 19.1 Å². The second-order valence-corrected chi connectivity index (χ2v) is 4.75. The first kappa shape index (κ1) is 15.1. The lowest BCUT2D eigenvalue weighted by Gasteiger charge is -2.13. The van der Waals surface area contributed by atoms with Gasteiger partial charge in [-0.1, -0.05) is 35.9 Å². The highest BCUT2D eigenvalue weighted by Gasteiger charge is 2.20. The Morgan fingerprint density at radius 1 is 1.00 bits per heavy atom. The monoisotopic (exact) mass is 286 g/mol. The number of aryl methyl sites for hydroxylation is 1. The minimum Gasteiger partial charge on any atom is -0.493 e. The van der Waals surface area contributed by atoms with E-state index in [1.165, 1.54) is 14.2 Å². The predicted octanol–water partition coefficient (Wildman–Crippen LogP) is 2.93. The van der Waals surface area contributed by atoms with Gasteiger partial charge in [-0.25, -0.2) is 0 Å². The Labute approximate surface area is 123 Å². The molecule has 0 saturated heterocycles. The molecule has 0 aliphatic heterocycles. The molecule has 0 bridgehead atoms. The molecule has 1 unspecified atom stereocenters. The molecule has 21 heavy (non-hydrogen) atoms. The predicted molar refractivity (Wildman–Crippen MR) is 80.0 cm³/mol. The topological polar surface area (TPSA) is 55.8 Å². The van der Waals surface area contributed by atoms with Crippen molar-refractivity contribution in [3.05, 3.63) is 59.2 Å². The Hall–Kier alpha value is -2.33. The number of carbonyl (C=O) groups is 1. The highest BCUT2D eigenvalue weighted by atomic mass is 16.5. The Balaban J connectivity index is 2.28. The lowest BCUT2D eigenvalue weighted by molar-refractivity contribution is 0.0747. The summed E-state index contributed by atoms with van der Waals surface area (Å²) in [6, 6.07) is 12.0. The third-order valence-corrected chi connectivity index (χ3v) is 3.31. The van der Waals surface area contributed by atoms with Gasteiger partial charge >= 0.3 is 0 Å². The van der Waals surface area contributed by atoms with Crippen LogP contribution in [0.2, 0.25) is 0 Å². The maximum atomic E-state index is 12.3. The van der Waals surface area contributed by atoms with Crippen LogP contribution >= 0.6 is 0 Å². The van der Waals surface area contributed by atoms with Gasteiger partial charge in [0.1, 0.15) is 6.10 Å². The molecule has 2 aromatic carbocycles. The normalized spacial score (nSPS) is 11.8. The summed E-state index contributed by atoms with van der Waals surface area (Å²) >= 11 is 0. The fraction of sp³-hybridized carbons (Fsp3) is 0.235. The second-order valence-electron chi connectivity index (χ2n) is 4.75. The smallest absolute Gasteiger partial charge is 0.195 e. The van der Waals surface area contributed by atoms with Gasteiger partial charge in [-0.05, 0) is 24.6 Å². The molecule has 0 fully saturated rings. The van der Waals surface area contributed by atoms with Gasteiger partial charge in [-0.3, -0.25) is 4.79 Å². The van der Waals surface area contributed by atoms with E-state index in [2.05, 4.69) is 0 Å². The first-order chi connectivity index (χ1) is 10.1. The van der Waals surface area contributed by atoms with E-state index in [0.29, 0.717) is 22.6 Å². The summed E-state index contributed by atoms with van der Waals surface area (Å²) in [7, 11) is 3.04. The van der Waals surface area contributed by atoms with Crippen LogP contribution in [0.3, 0.4) is 0 Å². The van der Waals surface area contributed by atoms with E-state index in [-0.39, 0.29) is 5.78 Å². The van der Waals surface area contributed by atoms with E-state index in [4.69, 9.17) is 9.47 Å². The Morgan fingerprint density at radius 2 is 1.62 bits per heavy atom. The van der Waals surface area contributed by atoms with Crippen LogP contribution in [0.4, 0.5) is 0 Å². The zero-order valence-electron chi connectivity index (χ0n) is 12.3. The highest BCUT2D eigenvalue weighted by Crippen LogP contribution is 2.31. The number of Topliss-reactive ketones (excluding diaryl/α,β-unsaturated/α-hetero) is 1. The molecular formula is C17H18O4. The molecular weight excluding hydrogens is 268 g/mol. The van der Waals surface area contributed by atoms with Gasteiger partial charge in [0.05, 0.1) is 14.2 Å². The number of rotatable bonds is 5. The molecule has 2 aromatic rings. The van der Waals surface area contributed by atoms with Gasteiger partial charge < -0.3 is 14.6 Å². The van der Waals surface area contributed by atoms with Crippen molar-refractivity contribution in [3.8, 4) is 11.5 Å². The third kappa shape index (κ3) is 3.23. The van der Waals surface area contributed by atoms with Gasteiger partial charge in [-0.15, -0.1) is 0 Å². The van der Waals surface area contributed by atoms with Crippen molar-refractivity contribution >= 4 is 5.78 Å². The van der Waals surface area contributed by atoms with Gasteiger partial charge in [0.2, 0.25) is 0 Å². The first-order valence-corrected chi connectivity index (χ1v) is 6.57. The van der Waals surface area contributed by atoms with Crippen molar-refractivity contribution in [2.45, 2.75) is 13.0 Å². The summed E-state index contributed by atoms with van der Waals surface area (Å²) in [6.07, 6.45) is -1.23. The lowest BCUT2D eigenvalue weighted by Crippen LogP contribution is -2.12. The molecule has 0 aromatic heterocycles. The van der Waals surface area contributed by atoms with Gasteiger partial charge in [-0.2, -0.15) is 0 Å². The van der Waals surface area contributed by atoms with E-state index >= 15 is 0 Å². The highest BCUT2D eigenvalue weighted by molar-refractivity contribution is 5.99. The van der Waals surface area contributed by atoms with Crippen molar-refractivity contribution in [1.29, 1.82) is 0 Å². The minimum absolute atomic E-state index is 0.345. The molecule has 0 saturated carbocycles. The fourth-order valence-electron chi connectivity index (χ4n) is 2.05. The van der Waals surface area contributed by atoms with Crippen molar-refractivity contribution in [2.24, 2.45) is 0 Å². The second kappa shape index (κ2) is 6.41. The number of hydrogen-bond acceptors (Lipinski definition) is 4. The fourth-order valence-corrected chi connectivity index (χ4v) is 2.05. The zero-order valence-corrected chi connectivity index (χ0v) is 12.3. The SMILES string of the molecule is COc1ccc(C(O)C(=O)c2ccc(C)cc2)cc1OC. The Bertz CT molecular complexity index is 632. The van der Waals surface area contributed by atoms with Crippen LogP contribution in [0, 0.1) is 6.92 Å². The van der Waals surface area contributed by atoms with Crippen molar-refractivity contribution < 1.29 is 19.4 Å². The van der Waals surface area contributed by atoms with Gasteiger partial charge in [0.15, 0.2) is 17.3 Å². The molecule has 0 heterocycles. The first-order valence-electron chi connectivity index (χ1n) is 6.57. The molecule has 110 valence electrons. The number of aliphatic hydroxyl groups is 1. The lowest BCUT2D eigenvalue weighted by atomic mass is 9.99. The Kier molecular flexibility index (Phi) is 4.60. The maximum absolute atomic E-state index is 12.3. The number of carbonyl (C=O) groups excluding carboxylic acids is 1. The third-order valence-electron chi connectivity index (χ3n) is 3.31. The van der Waals surface area contributed by atoms with Gasteiger partial charge in [0.25, 0.3) is 0 Å². The number of benzene rings is 2. The summed E-state index contributed by atoms with van der Waals surface area (Å²) < 4.78 is 10.3. The van der Waals surface area contributed by atoms with E-state index in [1.54, 1.807) is 30.3 Å². The minimum atomic E-state index is -1.23. The standard InChI is InChI=1S/C17H18O4/c1-11-4-6-12(7-5-11)16(18)17(19)13-8-9-14(20-2)15(10-13)21-3/h4-10,17,19H,1-3H3. The molecule has 0 aliphatic carbocycles. The molecule has 4 heteroatoms. The van der Waals surface area contributed by atoms with Crippen molar-refractivity contribution in [3.63, 3.8) is 0 Å². The summed E-state index contributed by atoms with van der Waals surface area (Å²) in [5, 5.41) is 10.2. The molecule has 1 N–H and O–H groups in total. The molecule has 0 radical (unpaired) electrons. The molecule has 4 nitrogen and oxygen atoms in total. The van der Waals surface area contributed by atoms with Crippen molar-refractivity contribution in [2.75, 3.05) is 14.2 Å². The molecule has 2 rings (SSSR count). The van der Waals surface area contributed by atoms with Crippen LogP contribution in [0.5, 0.6) is 11.5 Å². The van der Waals surface area contributed by atoms with Crippen LogP contribution in [-0.4, -0.2) is 25.1 Å². The van der Waals surface area contributed by atoms with Crippen LogP contribution in [0.25, 0.3) is 0 Å². The van der Waals surface area contributed by atoms with E-state index in [0.717, 1.165) is 5.56 Å². The largest absolute Gasteiger partial charge is 0.493 e. The summed E-state index contributed by atoms with van der Waals surface area (Å²) in [6.45, 7) is 1.94. The quantitative estimate of drug-likeness (QED) is 0.859. The average Bonchev–Trinajstić information content (AvgIpc) is 2.53. The van der Waals surface area contributed by atoms with Gasteiger partial charge in [0, 0.05) is 5.56 Å². The summed E-state index contributed by atoms with van der Waals surface area (Å²) in [4.78, 5) is 12.3. The van der Waals surface area contributed by atoms with Crippen LogP contribution < -0.4 is 9.47 Å². The average molecular weight is 286 g/mol. The van der Waals surface area contributed by atoms with E-state index in [9.17, 15) is 9.90 Å². The molecule has 0 spiro atoms. The van der Waals surface area contributed by atoms with E-state index < -0.39 is 6.10 Å².